The number of aryl methyl sites for hydroxylation is 1. The van der Waals surface area contributed by atoms with Gasteiger partial charge in [0.2, 0.25) is 0 Å². The molecule has 1 atom stereocenters. The molecule has 2 amide bonds. The normalized spacial score (nSPS) is 15.4. The molecule has 0 fully saturated rings. The number of pyridine rings is 1. The van der Waals surface area contributed by atoms with Gasteiger partial charge in [0.25, 0.3) is 11.8 Å². The van der Waals surface area contributed by atoms with Crippen LogP contribution in [0, 0.1) is 0 Å². The van der Waals surface area contributed by atoms with Gasteiger partial charge in [-0.15, -0.1) is 0 Å². The van der Waals surface area contributed by atoms with Gasteiger partial charge in [0, 0.05) is 31.5 Å². The number of carbonyl (C=O) groups excluding carboxylic acids is 2. The summed E-state index contributed by atoms with van der Waals surface area (Å²) in [6.07, 6.45) is -1.09. The summed E-state index contributed by atoms with van der Waals surface area (Å²) in [6.45, 7) is 0.204. The molecule has 1 aromatic carbocycles. The van der Waals surface area contributed by atoms with Crippen LogP contribution in [0.1, 0.15) is 44.4 Å². The molecule has 1 aliphatic heterocycles. The number of halogens is 3. The van der Waals surface area contributed by atoms with E-state index >= 15 is 0 Å². The lowest BCUT2D eigenvalue weighted by molar-refractivity contribution is -0.138. The number of nitrogens with one attached hydrogen (secondary N) is 1. The fourth-order valence-electron chi connectivity index (χ4n) is 4.10. The summed E-state index contributed by atoms with van der Waals surface area (Å²) >= 11 is 0. The highest BCUT2D eigenvalue weighted by molar-refractivity contribution is 6.07. The van der Waals surface area contributed by atoms with Gasteiger partial charge in [-0.05, 0) is 30.7 Å². The van der Waals surface area contributed by atoms with Gasteiger partial charge in [-0.1, -0.05) is 0 Å². The molecule has 9 nitrogen and oxygen atoms in total. The van der Waals surface area contributed by atoms with Crippen molar-refractivity contribution >= 4 is 17.5 Å². The number of rotatable bonds is 5. The molecule has 4 rings (SSSR count). The van der Waals surface area contributed by atoms with E-state index in [2.05, 4.69) is 15.4 Å². The number of methoxy groups -OCH3 is 2. The van der Waals surface area contributed by atoms with Crippen molar-refractivity contribution in [2.24, 2.45) is 7.05 Å². The number of hydrogen-bond acceptors (Lipinski definition) is 6. The standard InChI is InChI=1S/C23H22F3N5O4/c1-30-20-16(29-21(32)14-11-27-8-6-15(14)23(24,25)26)7-9-31(17(20)12-28-30)22(33)13-4-5-18(34-2)19(10-13)35-3/h4-6,8,10-12,16H,7,9H2,1-3H3,(H,29,32). The van der Waals surface area contributed by atoms with E-state index in [-0.39, 0.29) is 18.9 Å². The van der Waals surface area contributed by atoms with Gasteiger partial charge in [-0.25, -0.2) is 0 Å². The van der Waals surface area contributed by atoms with Crippen LogP contribution in [0.2, 0.25) is 0 Å². The molecule has 2 aromatic heterocycles. The third-order valence-corrected chi connectivity index (χ3v) is 5.78. The molecule has 0 saturated heterocycles. The second-order valence-corrected chi connectivity index (χ2v) is 7.80. The number of carbonyl (C=O) groups is 2. The Morgan fingerprint density at radius 1 is 1.11 bits per heavy atom. The van der Waals surface area contributed by atoms with Crippen molar-refractivity contribution in [2.75, 3.05) is 25.7 Å². The van der Waals surface area contributed by atoms with Crippen molar-refractivity contribution < 1.29 is 32.2 Å². The largest absolute Gasteiger partial charge is 0.493 e. The average molecular weight is 489 g/mol. The summed E-state index contributed by atoms with van der Waals surface area (Å²) in [5.41, 5.74) is -0.351. The van der Waals surface area contributed by atoms with Crippen LogP contribution in [0.15, 0.2) is 42.9 Å². The van der Waals surface area contributed by atoms with Crippen LogP contribution in [0.5, 0.6) is 11.5 Å². The number of fused-ring (bicyclic) bond motifs is 1. The number of hydrogen-bond donors (Lipinski definition) is 1. The van der Waals surface area contributed by atoms with Gasteiger partial charge < -0.3 is 19.7 Å². The Balaban J connectivity index is 1.62. The first-order valence-electron chi connectivity index (χ1n) is 10.5. The predicted molar refractivity (Wildman–Crippen MR) is 118 cm³/mol. The van der Waals surface area contributed by atoms with Gasteiger partial charge in [0.15, 0.2) is 11.5 Å². The number of anilines is 1. The Bertz CT molecular complexity index is 1270. The van der Waals surface area contributed by atoms with Crippen LogP contribution < -0.4 is 19.7 Å². The van der Waals surface area contributed by atoms with Gasteiger partial charge in [-0.3, -0.25) is 19.3 Å². The Morgan fingerprint density at radius 3 is 2.54 bits per heavy atom. The quantitative estimate of drug-likeness (QED) is 0.590. The van der Waals surface area contributed by atoms with Gasteiger partial charge in [0.05, 0.1) is 49.0 Å². The fourth-order valence-corrected chi connectivity index (χ4v) is 4.10. The minimum Gasteiger partial charge on any atom is -0.493 e. The lowest BCUT2D eigenvalue weighted by Crippen LogP contribution is -2.41. The van der Waals surface area contributed by atoms with Gasteiger partial charge >= 0.3 is 6.18 Å². The highest BCUT2D eigenvalue weighted by Gasteiger charge is 2.37. The zero-order chi connectivity index (χ0) is 25.3. The predicted octanol–water partition coefficient (Wildman–Crippen LogP) is 3.37. The molecular formula is C23H22F3N5O4. The van der Waals surface area contributed by atoms with Gasteiger partial charge in [0.1, 0.15) is 0 Å². The molecule has 12 heteroatoms. The summed E-state index contributed by atoms with van der Waals surface area (Å²) < 4.78 is 52.1. The zero-order valence-corrected chi connectivity index (χ0v) is 19.1. The smallest absolute Gasteiger partial charge is 0.417 e. The number of benzene rings is 1. The number of ether oxygens (including phenoxy) is 2. The molecule has 1 aliphatic rings. The summed E-state index contributed by atoms with van der Waals surface area (Å²) in [5.74, 6) is -0.371. The molecule has 0 aliphatic carbocycles. The van der Waals surface area contributed by atoms with E-state index in [0.29, 0.717) is 28.4 Å². The highest BCUT2D eigenvalue weighted by atomic mass is 19.4. The molecule has 0 radical (unpaired) electrons. The maximum absolute atomic E-state index is 13.4. The Morgan fingerprint density at radius 2 is 1.86 bits per heavy atom. The van der Waals surface area contributed by atoms with Crippen molar-refractivity contribution in [3.05, 3.63) is 65.2 Å². The molecule has 1 N–H and O–H groups in total. The van der Waals surface area contributed by atoms with Gasteiger partial charge in [-0.2, -0.15) is 18.3 Å². The number of nitrogens with zero attached hydrogens (tertiary/aromatic N) is 4. The van der Waals surface area contributed by atoms with E-state index in [1.807, 2.05) is 0 Å². The minimum atomic E-state index is -4.71. The lowest BCUT2D eigenvalue weighted by Gasteiger charge is -2.32. The van der Waals surface area contributed by atoms with Crippen LogP contribution in [-0.2, 0) is 13.2 Å². The van der Waals surface area contributed by atoms with E-state index in [4.69, 9.17) is 9.47 Å². The fraction of sp³-hybridized carbons (Fsp3) is 0.304. The van der Waals surface area contributed by atoms with Crippen LogP contribution in [0.3, 0.4) is 0 Å². The Kier molecular flexibility index (Phi) is 6.37. The minimum absolute atomic E-state index is 0.204. The van der Waals surface area contributed by atoms with E-state index in [1.165, 1.54) is 30.0 Å². The molecule has 3 aromatic rings. The van der Waals surface area contributed by atoms with Crippen LogP contribution in [-0.4, -0.2) is 47.3 Å². The first-order chi connectivity index (χ1) is 16.7. The summed E-state index contributed by atoms with van der Waals surface area (Å²) in [4.78, 5) is 31.3. The first kappa shape index (κ1) is 24.0. The molecule has 0 spiro atoms. The molecule has 1 unspecified atom stereocenters. The van der Waals surface area contributed by atoms with Crippen LogP contribution in [0.25, 0.3) is 0 Å². The highest BCUT2D eigenvalue weighted by Crippen LogP contribution is 2.36. The monoisotopic (exact) mass is 489 g/mol. The molecule has 35 heavy (non-hydrogen) atoms. The second kappa shape index (κ2) is 9.28. The number of amides is 2. The van der Waals surface area contributed by atoms with E-state index < -0.39 is 29.3 Å². The third kappa shape index (κ3) is 4.51. The van der Waals surface area contributed by atoms with E-state index in [9.17, 15) is 22.8 Å². The Labute approximate surface area is 198 Å². The van der Waals surface area contributed by atoms with Crippen molar-refractivity contribution in [1.29, 1.82) is 0 Å². The SMILES string of the molecule is COc1ccc(C(=O)N2CCC(NC(=O)c3cnccc3C(F)(F)F)c3c2cnn3C)cc1OC. The molecule has 0 bridgehead atoms. The summed E-state index contributed by atoms with van der Waals surface area (Å²) in [6, 6.07) is 4.88. The third-order valence-electron chi connectivity index (χ3n) is 5.78. The molecule has 3 heterocycles. The first-order valence-corrected chi connectivity index (χ1v) is 10.5. The van der Waals surface area contributed by atoms with Crippen molar-refractivity contribution in [3.63, 3.8) is 0 Å². The van der Waals surface area contributed by atoms with Crippen LogP contribution >= 0.6 is 0 Å². The molecule has 0 saturated carbocycles. The molecular weight excluding hydrogens is 467 g/mol. The van der Waals surface area contributed by atoms with Crippen LogP contribution in [0.4, 0.5) is 18.9 Å². The molecule has 184 valence electrons. The van der Waals surface area contributed by atoms with Crippen molar-refractivity contribution in [3.8, 4) is 11.5 Å². The van der Waals surface area contributed by atoms with Crippen molar-refractivity contribution in [1.82, 2.24) is 20.1 Å². The number of alkyl halides is 3. The Hall–Kier alpha value is -4.09. The van der Waals surface area contributed by atoms with E-state index in [1.54, 1.807) is 25.2 Å². The van der Waals surface area contributed by atoms with E-state index in [0.717, 1.165) is 18.5 Å². The van der Waals surface area contributed by atoms with Crippen molar-refractivity contribution in [2.45, 2.75) is 18.6 Å². The maximum atomic E-state index is 13.4. The average Bonchev–Trinajstić information content (AvgIpc) is 3.24. The zero-order valence-electron chi connectivity index (χ0n) is 19.1. The topological polar surface area (TPSA) is 98.6 Å². The number of aromatic nitrogens is 3. The maximum Gasteiger partial charge on any atom is 0.417 e. The lowest BCUT2D eigenvalue weighted by atomic mass is 10.0. The summed E-state index contributed by atoms with van der Waals surface area (Å²) in [5, 5.41) is 6.86. The second-order valence-electron chi connectivity index (χ2n) is 7.80. The summed E-state index contributed by atoms with van der Waals surface area (Å²) in [7, 11) is 4.59.